The molecule has 2 N–H and O–H groups in total. The normalized spacial score (nSPS) is 11.4. The van der Waals surface area contributed by atoms with Crippen LogP contribution in [0.5, 0.6) is 0 Å². The molecular formula is C23H27N3O6S. The lowest BCUT2D eigenvalue weighted by Crippen LogP contribution is -2.30. The van der Waals surface area contributed by atoms with Gasteiger partial charge >= 0.3 is 5.97 Å². The third kappa shape index (κ3) is 7.26. The van der Waals surface area contributed by atoms with Gasteiger partial charge in [-0.1, -0.05) is 32.0 Å². The Morgan fingerprint density at radius 2 is 1.70 bits per heavy atom. The van der Waals surface area contributed by atoms with Gasteiger partial charge in [0.05, 0.1) is 12.0 Å². The van der Waals surface area contributed by atoms with Crippen LogP contribution in [0.15, 0.2) is 59.5 Å². The fourth-order valence-corrected chi connectivity index (χ4v) is 4.34. The minimum absolute atomic E-state index is 0.190. The van der Waals surface area contributed by atoms with Crippen LogP contribution in [0.1, 0.15) is 29.8 Å². The maximum atomic E-state index is 12.5. The lowest BCUT2D eigenvalue weighted by atomic mass is 10.2. The predicted molar refractivity (Wildman–Crippen MR) is 125 cm³/mol. The van der Waals surface area contributed by atoms with Gasteiger partial charge in [-0.25, -0.2) is 8.42 Å². The lowest BCUT2D eigenvalue weighted by Gasteiger charge is -2.18. The van der Waals surface area contributed by atoms with Crippen LogP contribution >= 0.6 is 0 Å². The molecule has 2 rings (SSSR count). The smallest absolute Gasteiger partial charge is 0.325 e. The van der Waals surface area contributed by atoms with Crippen molar-refractivity contribution in [3.63, 3.8) is 0 Å². The molecule has 0 saturated heterocycles. The summed E-state index contributed by atoms with van der Waals surface area (Å²) in [5.74, 6) is -1.48. The van der Waals surface area contributed by atoms with E-state index in [0.717, 1.165) is 0 Å². The number of sulfonamides is 1. The first-order chi connectivity index (χ1) is 15.7. The van der Waals surface area contributed by atoms with Crippen LogP contribution in [0.4, 0.5) is 5.69 Å². The molecular weight excluding hydrogens is 446 g/mol. The Bertz CT molecular complexity index is 1120. The Labute approximate surface area is 193 Å². The summed E-state index contributed by atoms with van der Waals surface area (Å²) in [6, 6.07) is 12.5. The Morgan fingerprint density at radius 1 is 1.03 bits per heavy atom. The van der Waals surface area contributed by atoms with Crippen molar-refractivity contribution in [1.29, 1.82) is 0 Å². The molecule has 2 aromatic rings. The van der Waals surface area contributed by atoms with Gasteiger partial charge in [-0.05, 0) is 42.0 Å². The Hall–Kier alpha value is -3.50. The highest BCUT2D eigenvalue weighted by atomic mass is 32.2. The van der Waals surface area contributed by atoms with E-state index in [2.05, 4.69) is 15.4 Å². The fraction of sp³-hybridized carbons (Fsp3) is 0.261. The molecule has 10 heteroatoms. The second-order valence-electron chi connectivity index (χ2n) is 6.82. The Morgan fingerprint density at radius 3 is 2.30 bits per heavy atom. The maximum Gasteiger partial charge on any atom is 0.325 e. The van der Waals surface area contributed by atoms with Crippen molar-refractivity contribution in [1.82, 2.24) is 9.62 Å². The largest absolute Gasteiger partial charge is 0.468 e. The number of rotatable bonds is 10. The zero-order chi connectivity index (χ0) is 24.4. The molecule has 0 aliphatic carbocycles. The third-order valence-electron chi connectivity index (χ3n) is 4.66. The van der Waals surface area contributed by atoms with Crippen molar-refractivity contribution >= 4 is 39.6 Å². The van der Waals surface area contributed by atoms with Crippen LogP contribution in [0, 0.1) is 0 Å². The number of amides is 2. The van der Waals surface area contributed by atoms with Crippen LogP contribution in [0.25, 0.3) is 6.08 Å². The quantitative estimate of drug-likeness (QED) is 0.403. The maximum absolute atomic E-state index is 12.5. The number of nitrogens with one attached hydrogen (secondary N) is 2. The number of esters is 1. The topological polar surface area (TPSA) is 122 Å². The van der Waals surface area contributed by atoms with E-state index >= 15 is 0 Å². The first-order valence-corrected chi connectivity index (χ1v) is 11.7. The van der Waals surface area contributed by atoms with Gasteiger partial charge in [0, 0.05) is 30.4 Å². The molecule has 0 spiro atoms. The van der Waals surface area contributed by atoms with Gasteiger partial charge in [-0.3, -0.25) is 14.4 Å². The summed E-state index contributed by atoms with van der Waals surface area (Å²) in [5, 5.41) is 5.07. The third-order valence-corrected chi connectivity index (χ3v) is 6.73. The number of carbonyl (C=O) groups excluding carboxylic acids is 3. The minimum Gasteiger partial charge on any atom is -0.468 e. The number of nitrogens with zero attached hydrogens (tertiary/aromatic N) is 1. The first kappa shape index (κ1) is 25.8. The summed E-state index contributed by atoms with van der Waals surface area (Å²) in [5.41, 5.74) is 1.32. The van der Waals surface area contributed by atoms with Crippen molar-refractivity contribution in [3.8, 4) is 0 Å². The van der Waals surface area contributed by atoms with Crippen LogP contribution in [0.2, 0.25) is 0 Å². The van der Waals surface area contributed by atoms with Crippen LogP contribution in [-0.2, 0) is 24.3 Å². The second-order valence-corrected chi connectivity index (χ2v) is 8.76. The van der Waals surface area contributed by atoms with E-state index in [1.165, 1.54) is 35.7 Å². The number of carbonyl (C=O) groups is 3. The zero-order valence-electron chi connectivity index (χ0n) is 18.7. The van der Waals surface area contributed by atoms with Gasteiger partial charge in [0.2, 0.25) is 15.9 Å². The number of hydrogen-bond donors (Lipinski definition) is 2. The number of hydrogen-bond acceptors (Lipinski definition) is 6. The van der Waals surface area contributed by atoms with Crippen molar-refractivity contribution in [2.24, 2.45) is 0 Å². The summed E-state index contributed by atoms with van der Waals surface area (Å²) < 4.78 is 30.9. The lowest BCUT2D eigenvalue weighted by molar-refractivity contribution is -0.139. The van der Waals surface area contributed by atoms with Crippen molar-refractivity contribution < 1.29 is 27.5 Å². The molecule has 0 aliphatic heterocycles. The van der Waals surface area contributed by atoms with E-state index in [1.54, 1.807) is 50.3 Å². The van der Waals surface area contributed by atoms with Gasteiger partial charge in [0.25, 0.3) is 5.91 Å². The van der Waals surface area contributed by atoms with Gasteiger partial charge in [0.1, 0.15) is 6.54 Å². The molecule has 176 valence electrons. The molecule has 0 saturated carbocycles. The standard InChI is InChI=1S/C23H27N3O6S/c1-4-26(5-2)33(30,31)20-12-9-17(10-13-20)11-14-21(27)25-19-8-6-7-18(15-19)23(29)24-16-22(28)32-3/h6-15H,4-5,16H2,1-3H3,(H,24,29)(H,25,27)/b14-11+. The molecule has 0 radical (unpaired) electrons. The van der Waals surface area contributed by atoms with Crippen molar-refractivity contribution in [2.75, 3.05) is 32.1 Å². The van der Waals surface area contributed by atoms with E-state index in [-0.39, 0.29) is 17.0 Å². The second kappa shape index (κ2) is 11.9. The van der Waals surface area contributed by atoms with E-state index in [0.29, 0.717) is 24.3 Å². The zero-order valence-corrected chi connectivity index (χ0v) is 19.5. The van der Waals surface area contributed by atoms with Crippen molar-refractivity contribution in [3.05, 3.63) is 65.7 Å². The van der Waals surface area contributed by atoms with Gasteiger partial charge in [0.15, 0.2) is 0 Å². The van der Waals surface area contributed by atoms with Crippen LogP contribution < -0.4 is 10.6 Å². The average Bonchev–Trinajstić information content (AvgIpc) is 2.82. The summed E-state index contributed by atoms with van der Waals surface area (Å²) in [4.78, 5) is 35.7. The minimum atomic E-state index is -3.54. The van der Waals surface area contributed by atoms with Crippen molar-refractivity contribution in [2.45, 2.75) is 18.7 Å². The summed E-state index contributed by atoms with van der Waals surface area (Å²) in [6.07, 6.45) is 2.86. The summed E-state index contributed by atoms with van der Waals surface area (Å²) >= 11 is 0. The molecule has 0 bridgehead atoms. The molecule has 0 fully saturated rings. The molecule has 0 heterocycles. The SMILES string of the molecule is CCN(CC)S(=O)(=O)c1ccc(/C=C/C(=O)Nc2cccc(C(=O)NCC(=O)OC)c2)cc1. The number of anilines is 1. The molecule has 0 aliphatic rings. The molecule has 0 aromatic heterocycles. The highest BCUT2D eigenvalue weighted by molar-refractivity contribution is 7.89. The molecule has 2 aromatic carbocycles. The summed E-state index contributed by atoms with van der Waals surface area (Å²) in [7, 11) is -2.32. The van der Waals surface area contributed by atoms with Gasteiger partial charge in [-0.2, -0.15) is 4.31 Å². The molecule has 0 unspecified atom stereocenters. The molecule has 9 nitrogen and oxygen atoms in total. The van der Waals surface area contributed by atoms with Crippen LogP contribution in [0.3, 0.4) is 0 Å². The highest BCUT2D eigenvalue weighted by Crippen LogP contribution is 2.17. The number of methoxy groups -OCH3 is 1. The number of ether oxygens (including phenoxy) is 1. The average molecular weight is 474 g/mol. The van der Waals surface area contributed by atoms with E-state index in [9.17, 15) is 22.8 Å². The van der Waals surface area contributed by atoms with Crippen LogP contribution in [-0.4, -0.2) is 57.3 Å². The molecule has 0 atom stereocenters. The predicted octanol–water partition coefficient (Wildman–Crippen LogP) is 2.27. The van der Waals surface area contributed by atoms with E-state index < -0.39 is 27.8 Å². The Kier molecular flexibility index (Phi) is 9.31. The fourth-order valence-electron chi connectivity index (χ4n) is 2.88. The monoisotopic (exact) mass is 473 g/mol. The van der Waals surface area contributed by atoms with E-state index in [1.807, 2.05) is 0 Å². The van der Waals surface area contributed by atoms with Gasteiger partial charge < -0.3 is 15.4 Å². The first-order valence-electron chi connectivity index (χ1n) is 10.3. The number of benzene rings is 2. The van der Waals surface area contributed by atoms with E-state index in [4.69, 9.17) is 0 Å². The van der Waals surface area contributed by atoms with Gasteiger partial charge in [-0.15, -0.1) is 0 Å². The summed E-state index contributed by atoms with van der Waals surface area (Å²) in [6.45, 7) is 4.07. The molecule has 2 amide bonds. The Balaban J connectivity index is 2.01. The molecule has 33 heavy (non-hydrogen) atoms. The highest BCUT2D eigenvalue weighted by Gasteiger charge is 2.20.